The lowest BCUT2D eigenvalue weighted by molar-refractivity contribution is -0.120. The SMILES string of the molecule is O=C(Cc1csc(-c2ccccc2Cl)n1)NCCCN1CCCCC1. The van der Waals surface area contributed by atoms with E-state index in [-0.39, 0.29) is 5.91 Å². The summed E-state index contributed by atoms with van der Waals surface area (Å²) in [6, 6.07) is 7.65. The molecule has 0 atom stereocenters. The Morgan fingerprint density at radius 2 is 2.04 bits per heavy atom. The van der Waals surface area contributed by atoms with E-state index in [1.807, 2.05) is 29.6 Å². The number of piperidine rings is 1. The number of nitrogens with one attached hydrogen (secondary N) is 1. The molecule has 0 saturated carbocycles. The molecule has 1 saturated heterocycles. The minimum absolute atomic E-state index is 0.0367. The van der Waals surface area contributed by atoms with E-state index in [0.717, 1.165) is 35.8 Å². The molecular weight excluding hydrogens is 354 g/mol. The number of hydrogen-bond acceptors (Lipinski definition) is 4. The topological polar surface area (TPSA) is 45.2 Å². The molecule has 1 amide bonds. The number of halogens is 1. The molecule has 1 aliphatic rings. The zero-order valence-electron chi connectivity index (χ0n) is 14.3. The molecule has 0 radical (unpaired) electrons. The van der Waals surface area contributed by atoms with Crippen LogP contribution in [0.25, 0.3) is 10.6 Å². The second kappa shape index (κ2) is 9.32. The standard InChI is InChI=1S/C19H24ClN3OS/c20-17-8-3-2-7-16(17)19-22-15(14-25-19)13-18(24)21-9-6-12-23-10-4-1-5-11-23/h2-3,7-8,14H,1,4-6,9-13H2,(H,21,24). The van der Waals surface area contributed by atoms with Crippen molar-refractivity contribution in [3.63, 3.8) is 0 Å². The molecule has 2 aromatic rings. The number of likely N-dealkylation sites (tertiary alicyclic amines) is 1. The maximum Gasteiger partial charge on any atom is 0.226 e. The maximum atomic E-state index is 12.1. The number of amides is 1. The zero-order valence-corrected chi connectivity index (χ0v) is 15.9. The van der Waals surface area contributed by atoms with Crippen LogP contribution < -0.4 is 5.32 Å². The number of nitrogens with zero attached hydrogens (tertiary/aromatic N) is 2. The summed E-state index contributed by atoms with van der Waals surface area (Å²) in [6.45, 7) is 4.22. The second-order valence-electron chi connectivity index (χ2n) is 6.41. The third-order valence-corrected chi connectivity index (χ3v) is 5.67. The lowest BCUT2D eigenvalue weighted by Crippen LogP contribution is -2.33. The van der Waals surface area contributed by atoms with Crippen LogP contribution in [0.2, 0.25) is 5.02 Å². The molecular formula is C19H24ClN3OS. The van der Waals surface area contributed by atoms with Gasteiger partial charge in [-0.25, -0.2) is 4.98 Å². The quantitative estimate of drug-likeness (QED) is 0.742. The molecule has 1 aromatic heterocycles. The Morgan fingerprint density at radius 3 is 2.84 bits per heavy atom. The summed E-state index contributed by atoms with van der Waals surface area (Å²) < 4.78 is 0. The maximum absolute atomic E-state index is 12.1. The first-order chi connectivity index (χ1) is 12.2. The van der Waals surface area contributed by atoms with Crippen LogP contribution in [0, 0.1) is 0 Å². The van der Waals surface area contributed by atoms with Crippen molar-refractivity contribution in [3.8, 4) is 10.6 Å². The van der Waals surface area contributed by atoms with Crippen LogP contribution in [0.4, 0.5) is 0 Å². The largest absolute Gasteiger partial charge is 0.356 e. The molecule has 0 spiro atoms. The van der Waals surface area contributed by atoms with Crippen molar-refractivity contribution in [1.82, 2.24) is 15.2 Å². The van der Waals surface area contributed by atoms with Gasteiger partial charge >= 0.3 is 0 Å². The van der Waals surface area contributed by atoms with Gasteiger partial charge in [0.15, 0.2) is 0 Å². The van der Waals surface area contributed by atoms with E-state index in [1.165, 1.54) is 43.7 Å². The summed E-state index contributed by atoms with van der Waals surface area (Å²) in [5.41, 5.74) is 1.72. The third-order valence-electron chi connectivity index (χ3n) is 4.42. The van der Waals surface area contributed by atoms with E-state index in [4.69, 9.17) is 11.6 Å². The first kappa shape index (κ1) is 18.4. The Hall–Kier alpha value is -1.43. The lowest BCUT2D eigenvalue weighted by Gasteiger charge is -2.26. The predicted octanol–water partition coefficient (Wildman–Crippen LogP) is 4.00. The number of carbonyl (C=O) groups is 1. The highest BCUT2D eigenvalue weighted by Crippen LogP contribution is 2.30. The Balaban J connectivity index is 1.42. The van der Waals surface area contributed by atoms with Crippen molar-refractivity contribution in [2.24, 2.45) is 0 Å². The van der Waals surface area contributed by atoms with Crippen LogP contribution in [0.3, 0.4) is 0 Å². The van der Waals surface area contributed by atoms with Crippen LogP contribution in [0.15, 0.2) is 29.6 Å². The smallest absolute Gasteiger partial charge is 0.226 e. The van der Waals surface area contributed by atoms with Gasteiger partial charge in [0.25, 0.3) is 0 Å². The van der Waals surface area contributed by atoms with E-state index >= 15 is 0 Å². The van der Waals surface area contributed by atoms with Gasteiger partial charge in [-0.1, -0.05) is 36.2 Å². The molecule has 2 heterocycles. The second-order valence-corrected chi connectivity index (χ2v) is 7.67. The summed E-state index contributed by atoms with van der Waals surface area (Å²) in [7, 11) is 0. The molecule has 1 fully saturated rings. The molecule has 0 bridgehead atoms. The van der Waals surface area contributed by atoms with E-state index in [0.29, 0.717) is 11.4 Å². The van der Waals surface area contributed by atoms with Crippen molar-refractivity contribution < 1.29 is 4.79 Å². The Kier molecular flexibility index (Phi) is 6.84. The van der Waals surface area contributed by atoms with Crippen molar-refractivity contribution in [2.45, 2.75) is 32.1 Å². The Bertz CT molecular complexity index is 697. The van der Waals surface area contributed by atoms with Gasteiger partial charge in [0.2, 0.25) is 5.91 Å². The van der Waals surface area contributed by atoms with Gasteiger partial charge in [0, 0.05) is 17.5 Å². The fraction of sp³-hybridized carbons (Fsp3) is 0.474. The monoisotopic (exact) mass is 377 g/mol. The van der Waals surface area contributed by atoms with Gasteiger partial charge in [-0.15, -0.1) is 11.3 Å². The summed E-state index contributed by atoms with van der Waals surface area (Å²) in [5.74, 6) is 0.0367. The van der Waals surface area contributed by atoms with Crippen LogP contribution in [-0.2, 0) is 11.2 Å². The van der Waals surface area contributed by atoms with Gasteiger partial charge in [0.1, 0.15) is 5.01 Å². The molecule has 1 aromatic carbocycles. The van der Waals surface area contributed by atoms with Crippen molar-refractivity contribution in [1.29, 1.82) is 0 Å². The van der Waals surface area contributed by atoms with Crippen molar-refractivity contribution in [2.75, 3.05) is 26.2 Å². The first-order valence-electron chi connectivity index (χ1n) is 8.91. The summed E-state index contributed by atoms with van der Waals surface area (Å²) in [6.07, 6.45) is 5.31. The highest BCUT2D eigenvalue weighted by molar-refractivity contribution is 7.13. The fourth-order valence-electron chi connectivity index (χ4n) is 3.09. The van der Waals surface area contributed by atoms with Crippen LogP contribution >= 0.6 is 22.9 Å². The third kappa shape index (κ3) is 5.53. The number of carbonyl (C=O) groups excluding carboxylic acids is 1. The van der Waals surface area contributed by atoms with E-state index in [1.54, 1.807) is 0 Å². The minimum atomic E-state index is 0.0367. The Morgan fingerprint density at radius 1 is 1.24 bits per heavy atom. The molecule has 4 nitrogen and oxygen atoms in total. The van der Waals surface area contributed by atoms with Gasteiger partial charge in [0.05, 0.1) is 17.1 Å². The van der Waals surface area contributed by atoms with Gasteiger partial charge < -0.3 is 10.2 Å². The number of aromatic nitrogens is 1. The molecule has 1 aliphatic heterocycles. The average Bonchev–Trinajstić information content (AvgIpc) is 3.08. The predicted molar refractivity (Wildman–Crippen MR) is 104 cm³/mol. The van der Waals surface area contributed by atoms with Crippen LogP contribution in [0.1, 0.15) is 31.4 Å². The number of rotatable bonds is 7. The molecule has 3 rings (SSSR count). The number of benzene rings is 1. The van der Waals surface area contributed by atoms with E-state index in [2.05, 4.69) is 15.2 Å². The van der Waals surface area contributed by atoms with Gasteiger partial charge in [-0.2, -0.15) is 0 Å². The number of thiazole rings is 1. The van der Waals surface area contributed by atoms with Crippen molar-refractivity contribution in [3.05, 3.63) is 40.4 Å². The van der Waals surface area contributed by atoms with E-state index < -0.39 is 0 Å². The van der Waals surface area contributed by atoms with Crippen LogP contribution in [0.5, 0.6) is 0 Å². The number of hydrogen-bond donors (Lipinski definition) is 1. The molecule has 1 N–H and O–H groups in total. The lowest BCUT2D eigenvalue weighted by atomic mass is 10.1. The highest BCUT2D eigenvalue weighted by atomic mass is 35.5. The van der Waals surface area contributed by atoms with E-state index in [9.17, 15) is 4.79 Å². The summed E-state index contributed by atoms with van der Waals surface area (Å²) in [5, 5.41) is 6.49. The summed E-state index contributed by atoms with van der Waals surface area (Å²) >= 11 is 7.73. The van der Waals surface area contributed by atoms with Gasteiger partial charge in [-0.3, -0.25) is 4.79 Å². The summed E-state index contributed by atoms with van der Waals surface area (Å²) in [4.78, 5) is 19.1. The normalized spacial score (nSPS) is 15.2. The Labute approximate surface area is 158 Å². The fourth-order valence-corrected chi connectivity index (χ4v) is 4.23. The molecule has 0 aliphatic carbocycles. The minimum Gasteiger partial charge on any atom is -0.356 e. The first-order valence-corrected chi connectivity index (χ1v) is 10.2. The highest BCUT2D eigenvalue weighted by Gasteiger charge is 2.12. The molecule has 25 heavy (non-hydrogen) atoms. The zero-order chi connectivity index (χ0) is 17.5. The van der Waals surface area contributed by atoms with Crippen molar-refractivity contribution >= 4 is 28.8 Å². The molecule has 6 heteroatoms. The molecule has 134 valence electrons. The van der Waals surface area contributed by atoms with Gasteiger partial charge in [-0.05, 0) is 45.0 Å². The average molecular weight is 378 g/mol. The van der Waals surface area contributed by atoms with Crippen LogP contribution in [-0.4, -0.2) is 42.0 Å². The molecule has 0 unspecified atom stereocenters.